The van der Waals surface area contributed by atoms with Crippen LogP contribution in [-0.2, 0) is 6.54 Å². The molecule has 0 aliphatic rings. The molecule has 0 bridgehead atoms. The first-order valence-electron chi connectivity index (χ1n) is 8.02. The summed E-state index contributed by atoms with van der Waals surface area (Å²) in [6.07, 6.45) is 0. The van der Waals surface area contributed by atoms with Gasteiger partial charge in [0.05, 0.1) is 12.6 Å². The summed E-state index contributed by atoms with van der Waals surface area (Å²) in [5.41, 5.74) is 5.49. The second-order valence-corrected chi connectivity index (χ2v) is 6.11. The second-order valence-electron chi connectivity index (χ2n) is 6.11. The van der Waals surface area contributed by atoms with Gasteiger partial charge in [-0.2, -0.15) is 0 Å². The van der Waals surface area contributed by atoms with Gasteiger partial charge in [-0.1, -0.05) is 12.1 Å². The molecule has 0 unspecified atom stereocenters. The van der Waals surface area contributed by atoms with Crippen LogP contribution in [0, 0.1) is 6.92 Å². The van der Waals surface area contributed by atoms with Crippen LogP contribution in [0.5, 0.6) is 5.75 Å². The molecule has 2 aromatic carbocycles. The molecule has 1 aromatic heterocycles. The molecular weight excluding hydrogens is 298 g/mol. The minimum absolute atomic E-state index is 0.767. The predicted octanol–water partition coefficient (Wildman–Crippen LogP) is 4.23. The Balaban J connectivity index is 1.86. The summed E-state index contributed by atoms with van der Waals surface area (Å²) >= 11 is 0. The van der Waals surface area contributed by atoms with Crippen LogP contribution in [0.1, 0.15) is 11.3 Å². The van der Waals surface area contributed by atoms with Crippen LogP contribution in [0.4, 0.5) is 11.4 Å². The van der Waals surface area contributed by atoms with Crippen molar-refractivity contribution in [3.8, 4) is 5.75 Å². The van der Waals surface area contributed by atoms with E-state index in [9.17, 15) is 0 Å². The highest BCUT2D eigenvalue weighted by Crippen LogP contribution is 2.27. The van der Waals surface area contributed by atoms with Crippen LogP contribution >= 0.6 is 0 Å². The maximum Gasteiger partial charge on any atom is 0.119 e. The van der Waals surface area contributed by atoms with Gasteiger partial charge >= 0.3 is 0 Å². The fraction of sp³-hybridized carbons (Fsp3) is 0.250. The van der Waals surface area contributed by atoms with Crippen LogP contribution < -0.4 is 15.0 Å². The van der Waals surface area contributed by atoms with Gasteiger partial charge in [-0.15, -0.1) is 0 Å². The van der Waals surface area contributed by atoms with Gasteiger partial charge in [-0.05, 0) is 48.9 Å². The molecule has 1 N–H and O–H groups in total. The number of aryl methyl sites for hydroxylation is 1. The first-order valence-corrected chi connectivity index (χ1v) is 8.02. The molecule has 4 nitrogen and oxygen atoms in total. The lowest BCUT2D eigenvalue weighted by atomic mass is 10.1. The molecule has 24 heavy (non-hydrogen) atoms. The Hall–Kier alpha value is -2.75. The van der Waals surface area contributed by atoms with Gasteiger partial charge in [0, 0.05) is 43.1 Å². The Morgan fingerprint density at radius 1 is 1.04 bits per heavy atom. The monoisotopic (exact) mass is 321 g/mol. The van der Waals surface area contributed by atoms with Gasteiger partial charge in [-0.3, -0.25) is 4.98 Å². The van der Waals surface area contributed by atoms with E-state index < -0.39 is 0 Å². The minimum atomic E-state index is 0.767. The number of ether oxygens (including phenoxy) is 1. The largest absolute Gasteiger partial charge is 0.497 e. The van der Waals surface area contributed by atoms with E-state index in [1.54, 1.807) is 7.11 Å². The minimum Gasteiger partial charge on any atom is -0.497 e. The standard InChI is InChI=1S/C20H23N3O/c1-14-11-20(18-12-17(24-4)9-10-19(18)22-14)21-13-15-5-7-16(8-6-15)23(2)3/h5-12H,13H2,1-4H3,(H,21,22). The number of aromatic nitrogens is 1. The lowest BCUT2D eigenvalue weighted by molar-refractivity contribution is 0.415. The molecule has 3 aromatic rings. The number of pyridine rings is 1. The lowest BCUT2D eigenvalue weighted by Gasteiger charge is -2.14. The molecular formula is C20H23N3O. The number of rotatable bonds is 5. The Bertz CT molecular complexity index is 841. The fourth-order valence-corrected chi connectivity index (χ4v) is 2.72. The van der Waals surface area contributed by atoms with Gasteiger partial charge in [0.2, 0.25) is 0 Å². The van der Waals surface area contributed by atoms with Crippen molar-refractivity contribution in [1.29, 1.82) is 0 Å². The third-order valence-corrected chi connectivity index (χ3v) is 4.08. The number of nitrogens with zero attached hydrogens (tertiary/aromatic N) is 2. The Kier molecular flexibility index (Phi) is 4.56. The SMILES string of the molecule is COc1ccc2nc(C)cc(NCc3ccc(N(C)C)cc3)c2c1. The normalized spacial score (nSPS) is 10.7. The van der Waals surface area contributed by atoms with Crippen LogP contribution in [0.2, 0.25) is 0 Å². The topological polar surface area (TPSA) is 37.4 Å². The first kappa shape index (κ1) is 16.1. The zero-order chi connectivity index (χ0) is 17.1. The predicted molar refractivity (Wildman–Crippen MR) is 101 cm³/mol. The zero-order valence-electron chi connectivity index (χ0n) is 14.6. The Labute approximate surface area is 143 Å². The summed E-state index contributed by atoms with van der Waals surface area (Å²) in [5.74, 6) is 0.839. The van der Waals surface area contributed by atoms with E-state index in [1.807, 2.05) is 39.2 Å². The molecule has 0 aliphatic carbocycles. The van der Waals surface area contributed by atoms with Crippen LogP contribution in [0.3, 0.4) is 0 Å². The summed E-state index contributed by atoms with van der Waals surface area (Å²) in [5, 5.41) is 4.61. The molecule has 0 fully saturated rings. The summed E-state index contributed by atoms with van der Waals surface area (Å²) in [4.78, 5) is 6.70. The van der Waals surface area contributed by atoms with Crippen molar-refractivity contribution in [3.05, 3.63) is 59.8 Å². The number of benzene rings is 2. The van der Waals surface area contributed by atoms with E-state index in [4.69, 9.17) is 4.74 Å². The number of hydrogen-bond acceptors (Lipinski definition) is 4. The number of nitrogens with one attached hydrogen (secondary N) is 1. The third kappa shape index (κ3) is 3.43. The van der Waals surface area contributed by atoms with E-state index in [0.29, 0.717) is 0 Å². The van der Waals surface area contributed by atoms with Gasteiger partial charge in [-0.25, -0.2) is 0 Å². The van der Waals surface area contributed by atoms with E-state index in [1.165, 1.54) is 11.3 Å². The van der Waals surface area contributed by atoms with E-state index in [2.05, 4.69) is 45.5 Å². The Morgan fingerprint density at radius 2 is 1.79 bits per heavy atom. The van der Waals surface area contributed by atoms with Gasteiger partial charge in [0.1, 0.15) is 5.75 Å². The molecule has 1 heterocycles. The van der Waals surface area contributed by atoms with E-state index in [0.717, 1.165) is 34.6 Å². The quantitative estimate of drug-likeness (QED) is 0.763. The Morgan fingerprint density at radius 3 is 2.46 bits per heavy atom. The van der Waals surface area contributed by atoms with Crippen molar-refractivity contribution in [2.24, 2.45) is 0 Å². The molecule has 124 valence electrons. The van der Waals surface area contributed by atoms with Crippen molar-refractivity contribution in [2.75, 3.05) is 31.4 Å². The summed E-state index contributed by atoms with van der Waals surface area (Å²) in [6.45, 7) is 2.78. The molecule has 0 radical (unpaired) electrons. The van der Waals surface area contributed by atoms with Gasteiger partial charge in [0.25, 0.3) is 0 Å². The summed E-state index contributed by atoms with van der Waals surface area (Å²) < 4.78 is 5.35. The molecule has 3 rings (SSSR count). The number of fused-ring (bicyclic) bond motifs is 1. The third-order valence-electron chi connectivity index (χ3n) is 4.08. The maximum absolute atomic E-state index is 5.35. The van der Waals surface area contributed by atoms with Crippen molar-refractivity contribution in [3.63, 3.8) is 0 Å². The van der Waals surface area contributed by atoms with Crippen molar-refractivity contribution >= 4 is 22.3 Å². The molecule has 0 saturated heterocycles. The van der Waals surface area contributed by atoms with Gasteiger partial charge < -0.3 is 15.0 Å². The fourth-order valence-electron chi connectivity index (χ4n) is 2.72. The van der Waals surface area contributed by atoms with E-state index in [-0.39, 0.29) is 0 Å². The zero-order valence-corrected chi connectivity index (χ0v) is 14.6. The number of anilines is 2. The second kappa shape index (κ2) is 6.79. The number of hydrogen-bond donors (Lipinski definition) is 1. The summed E-state index contributed by atoms with van der Waals surface area (Å²) in [7, 11) is 5.78. The molecule has 0 saturated carbocycles. The average molecular weight is 321 g/mol. The lowest BCUT2D eigenvalue weighted by Crippen LogP contribution is -2.08. The van der Waals surface area contributed by atoms with Crippen LogP contribution in [0.15, 0.2) is 48.5 Å². The smallest absolute Gasteiger partial charge is 0.119 e. The molecule has 4 heteroatoms. The average Bonchev–Trinajstić information content (AvgIpc) is 2.59. The number of methoxy groups -OCH3 is 1. The van der Waals surface area contributed by atoms with Crippen molar-refractivity contribution in [1.82, 2.24) is 4.98 Å². The van der Waals surface area contributed by atoms with Crippen LogP contribution in [0.25, 0.3) is 10.9 Å². The highest BCUT2D eigenvalue weighted by atomic mass is 16.5. The maximum atomic E-state index is 5.35. The van der Waals surface area contributed by atoms with E-state index >= 15 is 0 Å². The molecule has 0 spiro atoms. The van der Waals surface area contributed by atoms with Gasteiger partial charge in [0.15, 0.2) is 0 Å². The highest BCUT2D eigenvalue weighted by Gasteiger charge is 2.06. The highest BCUT2D eigenvalue weighted by molar-refractivity contribution is 5.92. The molecule has 0 amide bonds. The summed E-state index contributed by atoms with van der Waals surface area (Å²) in [6, 6.07) is 16.6. The van der Waals surface area contributed by atoms with Crippen LogP contribution in [-0.4, -0.2) is 26.2 Å². The molecule has 0 atom stereocenters. The first-order chi connectivity index (χ1) is 11.6. The van der Waals surface area contributed by atoms with Crippen molar-refractivity contribution in [2.45, 2.75) is 13.5 Å². The van der Waals surface area contributed by atoms with Crippen molar-refractivity contribution < 1.29 is 4.74 Å². The molecule has 0 aliphatic heterocycles.